The van der Waals surface area contributed by atoms with Gasteiger partial charge in [0.1, 0.15) is 0 Å². The summed E-state index contributed by atoms with van der Waals surface area (Å²) in [5, 5.41) is 6.87. The monoisotopic (exact) mass is 339 g/mol. The van der Waals surface area contributed by atoms with Crippen molar-refractivity contribution in [2.45, 2.75) is 6.54 Å². The Morgan fingerprint density at radius 3 is 2.92 bits per heavy atom. The number of rotatable bonds is 4. The lowest BCUT2D eigenvalue weighted by Crippen LogP contribution is -2.23. The van der Waals surface area contributed by atoms with Crippen LogP contribution in [0.5, 0.6) is 11.5 Å². The first kappa shape index (κ1) is 14.6. The van der Waals surface area contributed by atoms with E-state index in [0.717, 1.165) is 17.0 Å². The van der Waals surface area contributed by atoms with Crippen LogP contribution in [0.4, 0.5) is 0 Å². The first-order valence-corrected chi connectivity index (χ1v) is 8.26. The van der Waals surface area contributed by atoms with Gasteiger partial charge in [-0.05, 0) is 29.6 Å². The van der Waals surface area contributed by atoms with Gasteiger partial charge in [-0.1, -0.05) is 0 Å². The van der Waals surface area contributed by atoms with E-state index in [9.17, 15) is 4.79 Å². The zero-order chi connectivity index (χ0) is 16.4. The van der Waals surface area contributed by atoms with Crippen LogP contribution in [0.1, 0.15) is 16.1 Å². The molecule has 0 spiro atoms. The Kier molecular flexibility index (Phi) is 3.84. The summed E-state index contributed by atoms with van der Waals surface area (Å²) >= 11 is 1.59. The summed E-state index contributed by atoms with van der Waals surface area (Å²) in [6.45, 7) is 0.482. The summed E-state index contributed by atoms with van der Waals surface area (Å²) in [6.07, 6.45) is 3.27. The van der Waals surface area contributed by atoms with Crippen LogP contribution in [-0.2, 0) is 6.54 Å². The van der Waals surface area contributed by atoms with Crippen LogP contribution in [0.2, 0.25) is 0 Å². The SMILES string of the molecule is O=C(NCc1nccnc1-c1ccsc1)c1ccc2c(c1)OCO2. The van der Waals surface area contributed by atoms with Crippen molar-refractivity contribution in [1.29, 1.82) is 0 Å². The molecule has 0 saturated carbocycles. The van der Waals surface area contributed by atoms with E-state index in [2.05, 4.69) is 15.3 Å². The molecule has 0 aliphatic carbocycles. The lowest BCUT2D eigenvalue weighted by molar-refractivity contribution is 0.0950. The quantitative estimate of drug-likeness (QED) is 0.791. The minimum Gasteiger partial charge on any atom is -0.454 e. The zero-order valence-corrected chi connectivity index (χ0v) is 13.4. The third-order valence-corrected chi connectivity index (χ3v) is 4.30. The van der Waals surface area contributed by atoms with Gasteiger partial charge in [0.05, 0.1) is 17.9 Å². The molecular weight excluding hydrogens is 326 g/mol. The Balaban J connectivity index is 1.50. The molecule has 2 aromatic heterocycles. The van der Waals surface area contributed by atoms with Crippen LogP contribution in [0, 0.1) is 0 Å². The second-order valence-electron chi connectivity index (χ2n) is 5.11. The van der Waals surface area contributed by atoms with Gasteiger partial charge in [0.15, 0.2) is 11.5 Å². The maximum absolute atomic E-state index is 12.4. The van der Waals surface area contributed by atoms with E-state index in [-0.39, 0.29) is 12.7 Å². The van der Waals surface area contributed by atoms with Gasteiger partial charge in [-0.15, -0.1) is 0 Å². The molecule has 1 aliphatic heterocycles. The van der Waals surface area contributed by atoms with Gasteiger partial charge in [-0.3, -0.25) is 14.8 Å². The zero-order valence-electron chi connectivity index (χ0n) is 12.6. The molecule has 1 aromatic carbocycles. The van der Waals surface area contributed by atoms with Crippen LogP contribution < -0.4 is 14.8 Å². The molecule has 4 rings (SSSR count). The van der Waals surface area contributed by atoms with Gasteiger partial charge in [-0.2, -0.15) is 11.3 Å². The van der Waals surface area contributed by atoms with E-state index < -0.39 is 0 Å². The number of carbonyl (C=O) groups excluding carboxylic acids is 1. The third kappa shape index (κ3) is 2.81. The van der Waals surface area contributed by atoms with Crippen molar-refractivity contribution in [2.24, 2.45) is 0 Å². The molecule has 120 valence electrons. The largest absolute Gasteiger partial charge is 0.454 e. The topological polar surface area (TPSA) is 73.3 Å². The van der Waals surface area contributed by atoms with Crippen molar-refractivity contribution >= 4 is 17.2 Å². The number of amides is 1. The molecular formula is C17H13N3O3S. The second-order valence-corrected chi connectivity index (χ2v) is 5.89. The molecule has 3 aromatic rings. The Morgan fingerprint density at radius 1 is 1.17 bits per heavy atom. The molecule has 0 bridgehead atoms. The number of fused-ring (bicyclic) bond motifs is 1. The third-order valence-electron chi connectivity index (χ3n) is 3.62. The Morgan fingerprint density at radius 2 is 2.04 bits per heavy atom. The number of nitrogens with one attached hydrogen (secondary N) is 1. The number of benzene rings is 1. The summed E-state index contributed by atoms with van der Waals surface area (Å²) < 4.78 is 10.5. The van der Waals surface area contributed by atoms with E-state index >= 15 is 0 Å². The maximum atomic E-state index is 12.4. The van der Waals surface area contributed by atoms with E-state index in [0.29, 0.717) is 23.6 Å². The first-order valence-electron chi connectivity index (χ1n) is 7.31. The van der Waals surface area contributed by atoms with Crippen LogP contribution in [0.3, 0.4) is 0 Å². The molecule has 1 N–H and O–H groups in total. The summed E-state index contributed by atoms with van der Waals surface area (Å²) in [5.74, 6) is 1.04. The number of carbonyl (C=O) groups is 1. The molecule has 24 heavy (non-hydrogen) atoms. The van der Waals surface area contributed by atoms with Gasteiger partial charge in [-0.25, -0.2) is 0 Å². The molecule has 6 nitrogen and oxygen atoms in total. The average molecular weight is 339 g/mol. The highest BCUT2D eigenvalue weighted by Gasteiger charge is 2.16. The summed E-state index contributed by atoms with van der Waals surface area (Å²) in [4.78, 5) is 21.1. The van der Waals surface area contributed by atoms with E-state index in [4.69, 9.17) is 9.47 Å². The van der Waals surface area contributed by atoms with Crippen molar-refractivity contribution in [2.75, 3.05) is 6.79 Å². The first-order chi connectivity index (χ1) is 11.8. The summed E-state index contributed by atoms with van der Waals surface area (Å²) in [6, 6.07) is 7.10. The Labute approximate surface area is 142 Å². The minimum atomic E-state index is -0.199. The molecule has 0 saturated heterocycles. The highest BCUT2D eigenvalue weighted by atomic mass is 32.1. The molecule has 0 fully saturated rings. The Hall–Kier alpha value is -2.93. The minimum absolute atomic E-state index is 0.185. The van der Waals surface area contributed by atoms with Crippen molar-refractivity contribution in [3.05, 3.63) is 58.7 Å². The van der Waals surface area contributed by atoms with Crippen molar-refractivity contribution in [3.8, 4) is 22.8 Å². The van der Waals surface area contributed by atoms with Gasteiger partial charge in [0.25, 0.3) is 5.91 Å². The Bertz CT molecular complexity index is 881. The standard InChI is InChI=1S/C17H13N3O3S/c21-17(11-1-2-14-15(7-11)23-10-22-14)20-8-13-16(19-5-4-18-13)12-3-6-24-9-12/h1-7,9H,8,10H2,(H,20,21). The molecule has 0 radical (unpaired) electrons. The molecule has 1 aliphatic rings. The van der Waals surface area contributed by atoms with E-state index in [1.165, 1.54) is 0 Å². The summed E-state index contributed by atoms with van der Waals surface area (Å²) in [5.41, 5.74) is 3.02. The van der Waals surface area contributed by atoms with Crippen molar-refractivity contribution in [1.82, 2.24) is 15.3 Å². The fourth-order valence-corrected chi connectivity index (χ4v) is 3.08. The number of thiophene rings is 1. The van der Waals surface area contributed by atoms with Gasteiger partial charge in [0, 0.05) is 28.9 Å². The van der Waals surface area contributed by atoms with Gasteiger partial charge < -0.3 is 14.8 Å². The molecule has 0 atom stereocenters. The smallest absolute Gasteiger partial charge is 0.251 e. The predicted octanol–water partition coefficient (Wildman–Crippen LogP) is 2.86. The lowest BCUT2D eigenvalue weighted by atomic mass is 10.1. The molecule has 7 heteroatoms. The number of hydrogen-bond acceptors (Lipinski definition) is 6. The number of ether oxygens (including phenoxy) is 2. The fourth-order valence-electron chi connectivity index (χ4n) is 2.44. The van der Waals surface area contributed by atoms with E-state index in [1.54, 1.807) is 41.9 Å². The van der Waals surface area contributed by atoms with Crippen molar-refractivity contribution in [3.63, 3.8) is 0 Å². The number of hydrogen-bond donors (Lipinski definition) is 1. The van der Waals surface area contributed by atoms with Crippen LogP contribution in [0.25, 0.3) is 11.3 Å². The van der Waals surface area contributed by atoms with Crippen LogP contribution in [0.15, 0.2) is 47.4 Å². The highest BCUT2D eigenvalue weighted by Crippen LogP contribution is 2.32. The van der Waals surface area contributed by atoms with Gasteiger partial charge in [0.2, 0.25) is 6.79 Å². The average Bonchev–Trinajstić information content (AvgIpc) is 3.30. The van der Waals surface area contributed by atoms with Crippen LogP contribution in [-0.4, -0.2) is 22.7 Å². The number of nitrogens with zero attached hydrogens (tertiary/aromatic N) is 2. The molecule has 0 unspecified atom stereocenters. The lowest BCUT2D eigenvalue weighted by Gasteiger charge is -2.08. The fraction of sp³-hybridized carbons (Fsp3) is 0.118. The highest BCUT2D eigenvalue weighted by molar-refractivity contribution is 7.08. The normalized spacial score (nSPS) is 12.2. The second kappa shape index (κ2) is 6.29. The molecule has 1 amide bonds. The van der Waals surface area contributed by atoms with E-state index in [1.807, 2.05) is 16.8 Å². The molecule has 3 heterocycles. The maximum Gasteiger partial charge on any atom is 0.251 e. The van der Waals surface area contributed by atoms with Crippen LogP contribution >= 0.6 is 11.3 Å². The predicted molar refractivity (Wildman–Crippen MR) is 89.1 cm³/mol. The van der Waals surface area contributed by atoms with Crippen molar-refractivity contribution < 1.29 is 14.3 Å². The summed E-state index contributed by atoms with van der Waals surface area (Å²) in [7, 11) is 0. The van der Waals surface area contributed by atoms with Gasteiger partial charge >= 0.3 is 0 Å². The number of aromatic nitrogens is 2.